The van der Waals surface area contributed by atoms with Crippen molar-refractivity contribution in [2.24, 2.45) is 0 Å². The molecular formula is C31H33N7O3. The van der Waals surface area contributed by atoms with Gasteiger partial charge in [0.15, 0.2) is 0 Å². The number of carbonyl (C=O) groups is 1. The van der Waals surface area contributed by atoms with Gasteiger partial charge in [-0.1, -0.05) is 36.4 Å². The standard InChI is InChI=1S/C31H33N7O3/c39-13-12-36-8-10-37(11-9-36)19-23-6-7-28-24(14-23)15-29(35-28)27-16-26(18-32-31(27)41)34-30(40)25-17-33-38(21-25)20-22-4-2-1-3-5-22/h1-7,14-18,21,35,39H,8-13,19-20H2,(H,32,41)(H,34,40). The molecule has 6 rings (SSSR count). The number of pyridine rings is 1. The number of fused-ring (bicyclic) bond motifs is 1. The minimum absolute atomic E-state index is 0.200. The number of benzene rings is 2. The van der Waals surface area contributed by atoms with Gasteiger partial charge in [-0.05, 0) is 35.4 Å². The van der Waals surface area contributed by atoms with Crippen LogP contribution in [0.5, 0.6) is 0 Å². The van der Waals surface area contributed by atoms with Gasteiger partial charge in [0.05, 0.1) is 41.9 Å². The molecule has 0 atom stereocenters. The van der Waals surface area contributed by atoms with Crippen LogP contribution in [0.25, 0.3) is 22.2 Å². The molecule has 1 fully saturated rings. The number of nitrogens with zero attached hydrogens (tertiary/aromatic N) is 4. The number of H-pyrrole nitrogens is 2. The van der Waals surface area contributed by atoms with Gasteiger partial charge in [-0.3, -0.25) is 24.1 Å². The largest absolute Gasteiger partial charge is 0.395 e. The highest BCUT2D eigenvalue weighted by molar-refractivity contribution is 6.04. The molecular weight excluding hydrogens is 518 g/mol. The van der Waals surface area contributed by atoms with E-state index >= 15 is 0 Å². The van der Waals surface area contributed by atoms with E-state index in [0.29, 0.717) is 29.1 Å². The number of rotatable bonds is 9. The van der Waals surface area contributed by atoms with Gasteiger partial charge in [-0.2, -0.15) is 5.10 Å². The number of amides is 1. The van der Waals surface area contributed by atoms with Gasteiger partial charge in [0.2, 0.25) is 0 Å². The number of aromatic nitrogens is 4. The highest BCUT2D eigenvalue weighted by Gasteiger charge is 2.17. The number of aliphatic hydroxyl groups is 1. The number of β-amino-alcohol motifs (C(OH)–C–C–N with tert-alkyl or cyclic N) is 1. The summed E-state index contributed by atoms with van der Waals surface area (Å²) in [6.07, 6.45) is 4.74. The third kappa shape index (κ3) is 6.30. The van der Waals surface area contributed by atoms with Crippen LogP contribution in [0.15, 0.2) is 84.0 Å². The van der Waals surface area contributed by atoms with Crippen LogP contribution in [0.2, 0.25) is 0 Å². The molecule has 1 aliphatic rings. The second-order valence-electron chi connectivity index (χ2n) is 10.4. The van der Waals surface area contributed by atoms with Crippen LogP contribution < -0.4 is 10.9 Å². The lowest BCUT2D eigenvalue weighted by Crippen LogP contribution is -2.46. The summed E-state index contributed by atoms with van der Waals surface area (Å²) in [6, 6.07) is 19.9. The maximum absolute atomic E-state index is 12.9. The van der Waals surface area contributed by atoms with Gasteiger partial charge >= 0.3 is 0 Å². The van der Waals surface area contributed by atoms with Crippen LogP contribution in [-0.4, -0.2) is 79.9 Å². The summed E-state index contributed by atoms with van der Waals surface area (Å²) in [4.78, 5) is 36.5. The Hall–Kier alpha value is -4.51. The van der Waals surface area contributed by atoms with Crippen LogP contribution in [-0.2, 0) is 13.1 Å². The lowest BCUT2D eigenvalue weighted by molar-refractivity contribution is 0.102. The predicted octanol–water partition coefficient (Wildman–Crippen LogP) is 3.13. The molecule has 10 heteroatoms. The van der Waals surface area contributed by atoms with Crippen molar-refractivity contribution in [1.29, 1.82) is 0 Å². The first-order chi connectivity index (χ1) is 20.0. The van der Waals surface area contributed by atoms with Crippen LogP contribution in [0, 0.1) is 0 Å². The summed E-state index contributed by atoms with van der Waals surface area (Å²) in [7, 11) is 0. The number of carbonyl (C=O) groups excluding carboxylic acids is 1. The molecule has 1 aliphatic heterocycles. The maximum Gasteiger partial charge on any atom is 0.258 e. The third-order valence-corrected chi connectivity index (χ3v) is 7.51. The van der Waals surface area contributed by atoms with Gasteiger partial charge in [-0.15, -0.1) is 0 Å². The van der Waals surface area contributed by atoms with Crippen molar-refractivity contribution in [3.8, 4) is 11.3 Å². The Balaban J connectivity index is 1.14. The highest BCUT2D eigenvalue weighted by atomic mass is 16.3. The molecule has 0 spiro atoms. The summed E-state index contributed by atoms with van der Waals surface area (Å²) in [5.74, 6) is -0.305. The first kappa shape index (κ1) is 26.7. The third-order valence-electron chi connectivity index (χ3n) is 7.51. The fourth-order valence-corrected chi connectivity index (χ4v) is 5.29. The number of aliphatic hydroxyl groups excluding tert-OH is 1. The molecule has 1 saturated heterocycles. The molecule has 4 N–H and O–H groups in total. The van der Waals surface area contributed by atoms with E-state index in [0.717, 1.165) is 55.7 Å². The molecule has 1 amide bonds. The minimum atomic E-state index is -0.305. The van der Waals surface area contributed by atoms with E-state index in [4.69, 9.17) is 5.11 Å². The highest BCUT2D eigenvalue weighted by Crippen LogP contribution is 2.25. The van der Waals surface area contributed by atoms with Crippen LogP contribution in [0.1, 0.15) is 21.5 Å². The summed E-state index contributed by atoms with van der Waals surface area (Å²) in [6.45, 7) is 6.22. The average Bonchev–Trinajstić information content (AvgIpc) is 3.63. The summed E-state index contributed by atoms with van der Waals surface area (Å²) in [5, 5.41) is 17.4. The molecule has 0 unspecified atom stereocenters. The van der Waals surface area contributed by atoms with Crippen molar-refractivity contribution < 1.29 is 9.90 Å². The zero-order valence-electron chi connectivity index (χ0n) is 22.7. The molecule has 10 nitrogen and oxygen atoms in total. The number of aromatic amines is 2. The number of nitrogens with one attached hydrogen (secondary N) is 3. The second kappa shape index (κ2) is 11.9. The Kier molecular flexibility index (Phi) is 7.77. The zero-order valence-corrected chi connectivity index (χ0v) is 22.7. The molecule has 0 saturated carbocycles. The smallest absolute Gasteiger partial charge is 0.258 e. The fourth-order valence-electron chi connectivity index (χ4n) is 5.29. The van der Waals surface area contributed by atoms with Gasteiger partial charge in [0.25, 0.3) is 11.5 Å². The summed E-state index contributed by atoms with van der Waals surface area (Å²) in [5.41, 5.74) is 5.05. The summed E-state index contributed by atoms with van der Waals surface area (Å²) < 4.78 is 1.72. The predicted molar refractivity (Wildman–Crippen MR) is 159 cm³/mol. The van der Waals surface area contributed by atoms with E-state index in [9.17, 15) is 9.59 Å². The minimum Gasteiger partial charge on any atom is -0.395 e. The molecule has 41 heavy (non-hydrogen) atoms. The maximum atomic E-state index is 12.9. The lowest BCUT2D eigenvalue weighted by atomic mass is 10.1. The van der Waals surface area contributed by atoms with E-state index < -0.39 is 0 Å². The quantitative estimate of drug-likeness (QED) is 0.223. The van der Waals surface area contributed by atoms with E-state index in [1.165, 1.54) is 18.0 Å². The number of hydrogen-bond acceptors (Lipinski definition) is 6. The first-order valence-electron chi connectivity index (χ1n) is 13.8. The molecule has 2 aromatic carbocycles. The van der Waals surface area contributed by atoms with E-state index in [1.54, 1.807) is 16.9 Å². The molecule has 210 valence electrons. The number of anilines is 1. The first-order valence-corrected chi connectivity index (χ1v) is 13.8. The SMILES string of the molecule is O=C(Nc1c[nH]c(=O)c(-c2cc3cc(CN4CCN(CCO)CC4)ccc3[nH]2)c1)c1cnn(Cc2ccccc2)c1. The Labute approximate surface area is 237 Å². The van der Waals surface area contributed by atoms with Crippen LogP contribution in [0.4, 0.5) is 5.69 Å². The van der Waals surface area contributed by atoms with Gasteiger partial charge in [0.1, 0.15) is 0 Å². The van der Waals surface area contributed by atoms with E-state index in [2.05, 4.69) is 42.3 Å². The van der Waals surface area contributed by atoms with E-state index in [1.807, 2.05) is 42.5 Å². The van der Waals surface area contributed by atoms with E-state index in [-0.39, 0.29) is 18.1 Å². The normalized spacial score (nSPS) is 14.5. The summed E-state index contributed by atoms with van der Waals surface area (Å²) >= 11 is 0. The topological polar surface area (TPSA) is 122 Å². The molecule has 5 aromatic rings. The average molecular weight is 552 g/mol. The molecule has 0 aliphatic carbocycles. The zero-order chi connectivity index (χ0) is 28.2. The Morgan fingerprint density at radius 2 is 1.76 bits per heavy atom. The monoisotopic (exact) mass is 551 g/mol. The second-order valence-corrected chi connectivity index (χ2v) is 10.4. The van der Waals surface area contributed by atoms with Gasteiger partial charge in [-0.25, -0.2) is 0 Å². The Bertz CT molecular complexity index is 1700. The number of piperazine rings is 1. The van der Waals surface area contributed by atoms with Crippen molar-refractivity contribution in [2.45, 2.75) is 13.1 Å². The Morgan fingerprint density at radius 1 is 0.951 bits per heavy atom. The van der Waals surface area contributed by atoms with Crippen LogP contribution in [0.3, 0.4) is 0 Å². The van der Waals surface area contributed by atoms with Crippen molar-refractivity contribution in [3.05, 3.63) is 106 Å². The Morgan fingerprint density at radius 3 is 2.56 bits per heavy atom. The number of hydrogen-bond donors (Lipinski definition) is 4. The van der Waals surface area contributed by atoms with Gasteiger partial charge < -0.3 is 20.4 Å². The van der Waals surface area contributed by atoms with Crippen molar-refractivity contribution in [3.63, 3.8) is 0 Å². The molecule has 0 bridgehead atoms. The van der Waals surface area contributed by atoms with Crippen molar-refractivity contribution in [1.82, 2.24) is 29.5 Å². The van der Waals surface area contributed by atoms with Crippen molar-refractivity contribution in [2.75, 3.05) is 44.6 Å². The van der Waals surface area contributed by atoms with Crippen LogP contribution >= 0.6 is 0 Å². The van der Waals surface area contributed by atoms with Crippen molar-refractivity contribution >= 4 is 22.5 Å². The molecule has 3 aromatic heterocycles. The molecule has 4 heterocycles. The molecule has 0 radical (unpaired) electrons. The fraction of sp³-hybridized carbons (Fsp3) is 0.258. The lowest BCUT2D eigenvalue weighted by Gasteiger charge is -2.34. The van der Waals surface area contributed by atoms with Gasteiger partial charge in [0, 0.05) is 62.6 Å².